The quantitative estimate of drug-likeness (QED) is 0.189. The van der Waals surface area contributed by atoms with E-state index in [-0.39, 0.29) is 29.8 Å². The van der Waals surface area contributed by atoms with Crippen LogP contribution in [0.3, 0.4) is 0 Å². The molecule has 4 aromatic carbocycles. The number of aryl methyl sites for hydroxylation is 1. The van der Waals surface area contributed by atoms with E-state index in [0.29, 0.717) is 22.7 Å². The number of sulfonamides is 1. The van der Waals surface area contributed by atoms with E-state index in [1.165, 1.54) is 17.0 Å². The molecule has 0 saturated carbocycles. The van der Waals surface area contributed by atoms with Crippen molar-refractivity contribution in [3.8, 4) is 0 Å². The minimum atomic E-state index is -4.16. The fourth-order valence-corrected chi connectivity index (χ4v) is 6.70. The molecule has 1 atom stereocenters. The zero-order valence-electron chi connectivity index (χ0n) is 25.2. The predicted octanol–water partition coefficient (Wildman–Crippen LogP) is 6.26. The van der Waals surface area contributed by atoms with Crippen LogP contribution in [0, 0.1) is 0 Å². The number of benzene rings is 4. The molecule has 230 valence electrons. The van der Waals surface area contributed by atoms with Crippen molar-refractivity contribution in [3.05, 3.63) is 131 Å². The molecular formula is C35H38ClN3O4S. The number of anilines is 1. The van der Waals surface area contributed by atoms with Gasteiger partial charge in [0.2, 0.25) is 11.8 Å². The van der Waals surface area contributed by atoms with E-state index in [4.69, 9.17) is 11.6 Å². The van der Waals surface area contributed by atoms with Crippen molar-refractivity contribution in [3.63, 3.8) is 0 Å². The van der Waals surface area contributed by atoms with Crippen molar-refractivity contribution in [2.24, 2.45) is 0 Å². The van der Waals surface area contributed by atoms with E-state index in [1.807, 2.05) is 69.3 Å². The van der Waals surface area contributed by atoms with Crippen LogP contribution in [0.25, 0.3) is 0 Å². The first-order chi connectivity index (χ1) is 21.1. The molecule has 44 heavy (non-hydrogen) atoms. The van der Waals surface area contributed by atoms with Gasteiger partial charge in [-0.1, -0.05) is 103 Å². The summed E-state index contributed by atoms with van der Waals surface area (Å²) in [6.45, 7) is 5.14. The van der Waals surface area contributed by atoms with Gasteiger partial charge in [-0.2, -0.15) is 0 Å². The Hall–Kier alpha value is -4.14. The first-order valence-electron chi connectivity index (χ1n) is 14.6. The second kappa shape index (κ2) is 15.0. The average molecular weight is 632 g/mol. The van der Waals surface area contributed by atoms with Gasteiger partial charge in [-0.3, -0.25) is 13.9 Å². The molecule has 0 unspecified atom stereocenters. The van der Waals surface area contributed by atoms with Gasteiger partial charge in [-0.15, -0.1) is 0 Å². The van der Waals surface area contributed by atoms with Gasteiger partial charge < -0.3 is 10.2 Å². The summed E-state index contributed by atoms with van der Waals surface area (Å²) >= 11 is 6.55. The molecule has 4 aromatic rings. The Morgan fingerprint density at radius 3 is 1.98 bits per heavy atom. The number of nitrogens with zero attached hydrogens (tertiary/aromatic N) is 2. The van der Waals surface area contributed by atoms with Gasteiger partial charge in [0.25, 0.3) is 10.0 Å². The molecule has 0 heterocycles. The summed E-state index contributed by atoms with van der Waals surface area (Å²) in [4.78, 5) is 29.8. The van der Waals surface area contributed by atoms with Crippen molar-refractivity contribution in [1.82, 2.24) is 10.2 Å². The molecule has 0 aliphatic heterocycles. The molecule has 0 aliphatic rings. The zero-order chi connectivity index (χ0) is 31.7. The third kappa shape index (κ3) is 8.07. The van der Waals surface area contributed by atoms with Crippen LogP contribution in [0.5, 0.6) is 0 Å². The third-order valence-electron chi connectivity index (χ3n) is 7.25. The SMILES string of the molecule is CCc1ccccc1N(CC(=O)N(Cc1ccccc1Cl)[C@@H](Cc1ccccc1)C(=O)NC(C)C)S(=O)(=O)c1ccccc1. The van der Waals surface area contributed by atoms with E-state index < -0.39 is 28.5 Å². The standard InChI is InChI=1S/C35H38ClN3O4S/c1-4-28-17-12-14-22-32(28)39(44(42,43)30-19-9-6-10-20-30)25-34(40)38(24-29-18-11-13-21-31(29)36)33(35(41)37-26(2)3)23-27-15-7-5-8-16-27/h5-22,26,33H,4,23-25H2,1-3H3,(H,37,41)/t33-/m0/s1. The van der Waals surface area contributed by atoms with E-state index >= 15 is 0 Å². The van der Waals surface area contributed by atoms with Crippen LogP contribution in [0.1, 0.15) is 37.5 Å². The van der Waals surface area contributed by atoms with Crippen molar-refractivity contribution in [2.45, 2.75) is 57.1 Å². The number of nitrogens with one attached hydrogen (secondary N) is 1. The number of amides is 2. The van der Waals surface area contributed by atoms with Gasteiger partial charge in [0, 0.05) is 24.0 Å². The highest BCUT2D eigenvalue weighted by molar-refractivity contribution is 7.92. The molecule has 0 radical (unpaired) electrons. The summed E-state index contributed by atoms with van der Waals surface area (Å²) in [7, 11) is -4.16. The summed E-state index contributed by atoms with van der Waals surface area (Å²) < 4.78 is 29.5. The summed E-state index contributed by atoms with van der Waals surface area (Å²) in [6.07, 6.45) is 0.786. The van der Waals surface area contributed by atoms with Crippen LogP contribution in [-0.4, -0.2) is 43.8 Å². The van der Waals surface area contributed by atoms with Gasteiger partial charge in [0.15, 0.2) is 0 Å². The maximum absolute atomic E-state index is 14.5. The van der Waals surface area contributed by atoms with E-state index in [1.54, 1.807) is 48.5 Å². The van der Waals surface area contributed by atoms with Gasteiger partial charge in [-0.05, 0) is 61.2 Å². The highest BCUT2D eigenvalue weighted by Crippen LogP contribution is 2.29. The summed E-state index contributed by atoms with van der Waals surface area (Å²) in [5.74, 6) is -0.870. The molecule has 0 aliphatic carbocycles. The molecule has 0 fully saturated rings. The zero-order valence-corrected chi connectivity index (χ0v) is 26.8. The summed E-state index contributed by atoms with van der Waals surface area (Å²) in [6, 6.07) is 30.7. The van der Waals surface area contributed by atoms with E-state index in [9.17, 15) is 18.0 Å². The number of halogens is 1. The Morgan fingerprint density at radius 2 is 1.36 bits per heavy atom. The lowest BCUT2D eigenvalue weighted by Gasteiger charge is -2.34. The van der Waals surface area contributed by atoms with Gasteiger partial charge in [-0.25, -0.2) is 8.42 Å². The molecule has 0 bridgehead atoms. The molecule has 1 N–H and O–H groups in total. The largest absolute Gasteiger partial charge is 0.352 e. The number of rotatable bonds is 13. The predicted molar refractivity (Wildman–Crippen MR) is 176 cm³/mol. The first-order valence-corrected chi connectivity index (χ1v) is 16.5. The topological polar surface area (TPSA) is 86.8 Å². The number of para-hydroxylation sites is 1. The van der Waals surface area contributed by atoms with Crippen molar-refractivity contribution >= 4 is 39.1 Å². The normalized spacial score (nSPS) is 12.0. The first kappa shape index (κ1) is 32.8. The molecule has 9 heteroatoms. The maximum Gasteiger partial charge on any atom is 0.264 e. The van der Waals surface area contributed by atoms with Crippen LogP contribution in [0.2, 0.25) is 5.02 Å². The second-order valence-corrected chi connectivity index (χ2v) is 13.1. The van der Waals surface area contributed by atoms with E-state index in [2.05, 4.69) is 5.32 Å². The molecule has 4 rings (SSSR count). The highest BCUT2D eigenvalue weighted by Gasteiger charge is 2.35. The minimum Gasteiger partial charge on any atom is -0.352 e. The fourth-order valence-electron chi connectivity index (χ4n) is 5.03. The number of carbonyl (C=O) groups is 2. The maximum atomic E-state index is 14.5. The summed E-state index contributed by atoms with van der Waals surface area (Å²) in [5.41, 5.74) is 2.69. The van der Waals surface area contributed by atoms with Crippen molar-refractivity contribution in [2.75, 3.05) is 10.8 Å². The molecule has 0 aromatic heterocycles. The number of hydrogen-bond donors (Lipinski definition) is 1. The van der Waals surface area contributed by atoms with Crippen LogP contribution in [0.15, 0.2) is 114 Å². The van der Waals surface area contributed by atoms with Crippen LogP contribution >= 0.6 is 11.6 Å². The van der Waals surface area contributed by atoms with Gasteiger partial charge >= 0.3 is 0 Å². The second-order valence-electron chi connectivity index (χ2n) is 10.8. The fraction of sp³-hybridized carbons (Fsp3) is 0.257. The lowest BCUT2D eigenvalue weighted by molar-refractivity contribution is -0.140. The third-order valence-corrected chi connectivity index (χ3v) is 9.39. The van der Waals surface area contributed by atoms with Crippen molar-refractivity contribution < 1.29 is 18.0 Å². The van der Waals surface area contributed by atoms with Crippen LogP contribution < -0.4 is 9.62 Å². The Kier molecular flexibility index (Phi) is 11.2. The highest BCUT2D eigenvalue weighted by atomic mass is 35.5. The van der Waals surface area contributed by atoms with Crippen LogP contribution in [0.4, 0.5) is 5.69 Å². The average Bonchev–Trinajstić information content (AvgIpc) is 3.02. The molecule has 0 saturated heterocycles. The van der Waals surface area contributed by atoms with Gasteiger partial charge in [0.1, 0.15) is 12.6 Å². The number of hydrogen-bond acceptors (Lipinski definition) is 4. The monoisotopic (exact) mass is 631 g/mol. The Balaban J connectivity index is 1.83. The Labute approximate surface area is 265 Å². The van der Waals surface area contributed by atoms with E-state index in [0.717, 1.165) is 15.4 Å². The van der Waals surface area contributed by atoms with Gasteiger partial charge in [0.05, 0.1) is 10.6 Å². The van der Waals surface area contributed by atoms with Crippen molar-refractivity contribution in [1.29, 1.82) is 0 Å². The Bertz CT molecular complexity index is 1660. The lowest BCUT2D eigenvalue weighted by Crippen LogP contribution is -2.54. The number of carbonyl (C=O) groups excluding carboxylic acids is 2. The molecule has 0 spiro atoms. The smallest absolute Gasteiger partial charge is 0.264 e. The Morgan fingerprint density at radius 1 is 0.795 bits per heavy atom. The molecule has 2 amide bonds. The summed E-state index contributed by atoms with van der Waals surface area (Å²) in [5, 5.41) is 3.40. The lowest BCUT2D eigenvalue weighted by atomic mass is 10.0. The minimum absolute atomic E-state index is 0.0101. The molecular weight excluding hydrogens is 594 g/mol. The van der Waals surface area contributed by atoms with Crippen LogP contribution in [-0.2, 0) is 39.0 Å². The molecule has 7 nitrogen and oxygen atoms in total.